The van der Waals surface area contributed by atoms with Crippen LogP contribution >= 0.6 is 0 Å². The van der Waals surface area contributed by atoms with Gasteiger partial charge in [0.1, 0.15) is 0 Å². The average molecular weight is 187 g/mol. The number of morpholine rings is 1. The summed E-state index contributed by atoms with van der Waals surface area (Å²) in [5.74, 6) is -2.25. The Bertz CT molecular complexity index is 218. The van der Waals surface area contributed by atoms with Gasteiger partial charge in [-0.25, -0.2) is 4.79 Å². The minimum absolute atomic E-state index is 0.0907. The zero-order valence-electron chi connectivity index (χ0n) is 7.69. The van der Waals surface area contributed by atoms with E-state index >= 15 is 0 Å². The maximum atomic E-state index is 11.1. The number of carbonyl (C=O) groups is 2. The summed E-state index contributed by atoms with van der Waals surface area (Å²) in [4.78, 5) is 22.7. The van der Waals surface area contributed by atoms with Crippen LogP contribution in [0.4, 0.5) is 0 Å². The lowest BCUT2D eigenvalue weighted by molar-refractivity contribution is -0.161. The van der Waals surface area contributed by atoms with Crippen LogP contribution in [0.5, 0.6) is 0 Å². The van der Waals surface area contributed by atoms with Gasteiger partial charge in [0, 0.05) is 13.1 Å². The SMILES string of the molecule is C[C@@H]1CN(C(=O)C(=O)O)C[C@H](C)O1. The lowest BCUT2D eigenvalue weighted by atomic mass is 10.2. The molecular weight excluding hydrogens is 174 g/mol. The first-order valence-corrected chi connectivity index (χ1v) is 4.18. The van der Waals surface area contributed by atoms with E-state index in [0.29, 0.717) is 13.1 Å². The molecule has 1 aliphatic heterocycles. The molecule has 5 nitrogen and oxygen atoms in total. The van der Waals surface area contributed by atoms with Gasteiger partial charge in [0.2, 0.25) is 0 Å². The third-order valence-electron chi connectivity index (χ3n) is 1.89. The van der Waals surface area contributed by atoms with Gasteiger partial charge in [0.15, 0.2) is 0 Å². The second kappa shape index (κ2) is 3.74. The highest BCUT2D eigenvalue weighted by molar-refractivity contribution is 6.31. The highest BCUT2D eigenvalue weighted by Gasteiger charge is 2.29. The normalized spacial score (nSPS) is 28.6. The van der Waals surface area contributed by atoms with Crippen LogP contribution in [0.2, 0.25) is 0 Å². The Morgan fingerprint density at radius 1 is 1.31 bits per heavy atom. The topological polar surface area (TPSA) is 66.8 Å². The zero-order chi connectivity index (χ0) is 10.0. The fourth-order valence-corrected chi connectivity index (χ4v) is 1.48. The van der Waals surface area contributed by atoms with Crippen molar-refractivity contribution in [3.05, 3.63) is 0 Å². The number of carboxylic acids is 1. The predicted molar refractivity (Wildman–Crippen MR) is 44.2 cm³/mol. The average Bonchev–Trinajstić information content (AvgIpc) is 2.01. The number of hydrogen-bond donors (Lipinski definition) is 1. The van der Waals surface area contributed by atoms with Gasteiger partial charge >= 0.3 is 11.9 Å². The summed E-state index contributed by atoms with van der Waals surface area (Å²) in [5.41, 5.74) is 0. The van der Waals surface area contributed by atoms with Gasteiger partial charge < -0.3 is 14.7 Å². The molecule has 13 heavy (non-hydrogen) atoms. The molecule has 0 spiro atoms. The van der Waals surface area contributed by atoms with E-state index in [2.05, 4.69) is 0 Å². The number of carbonyl (C=O) groups excluding carboxylic acids is 1. The van der Waals surface area contributed by atoms with Crippen LogP contribution in [0.1, 0.15) is 13.8 Å². The first kappa shape index (κ1) is 9.98. The van der Waals surface area contributed by atoms with E-state index in [1.165, 1.54) is 4.90 Å². The molecule has 0 saturated carbocycles. The Morgan fingerprint density at radius 2 is 1.77 bits per heavy atom. The van der Waals surface area contributed by atoms with Gasteiger partial charge in [-0.1, -0.05) is 0 Å². The Kier molecular flexibility index (Phi) is 2.87. The number of nitrogens with zero attached hydrogens (tertiary/aromatic N) is 1. The molecule has 1 saturated heterocycles. The zero-order valence-corrected chi connectivity index (χ0v) is 7.69. The second-order valence-corrected chi connectivity index (χ2v) is 3.27. The van der Waals surface area contributed by atoms with Crippen LogP contribution in [0.3, 0.4) is 0 Å². The summed E-state index contributed by atoms with van der Waals surface area (Å²) >= 11 is 0. The number of hydrogen-bond acceptors (Lipinski definition) is 3. The number of ether oxygens (including phenoxy) is 1. The molecule has 0 aromatic carbocycles. The minimum atomic E-state index is -1.40. The first-order chi connectivity index (χ1) is 6.00. The van der Waals surface area contributed by atoms with E-state index in [0.717, 1.165) is 0 Å². The Balaban J connectivity index is 2.60. The molecule has 1 aliphatic rings. The van der Waals surface area contributed by atoms with Gasteiger partial charge in [0.05, 0.1) is 12.2 Å². The molecule has 0 bridgehead atoms. The molecule has 1 fully saturated rings. The van der Waals surface area contributed by atoms with Gasteiger partial charge in [-0.2, -0.15) is 0 Å². The number of rotatable bonds is 0. The van der Waals surface area contributed by atoms with Crippen LogP contribution in [0.15, 0.2) is 0 Å². The van der Waals surface area contributed by atoms with Crippen molar-refractivity contribution in [1.29, 1.82) is 0 Å². The highest BCUT2D eigenvalue weighted by Crippen LogP contribution is 2.10. The smallest absolute Gasteiger partial charge is 0.394 e. The van der Waals surface area contributed by atoms with Crippen LogP contribution in [-0.2, 0) is 14.3 Å². The standard InChI is InChI=1S/C8H13NO4/c1-5-3-9(4-6(2)13-5)7(10)8(11)12/h5-6H,3-4H2,1-2H3,(H,11,12)/t5-,6+. The summed E-state index contributed by atoms with van der Waals surface area (Å²) < 4.78 is 5.36. The molecule has 0 unspecified atom stereocenters. The third-order valence-corrected chi connectivity index (χ3v) is 1.89. The summed E-state index contributed by atoms with van der Waals surface area (Å²) in [6, 6.07) is 0. The van der Waals surface area contributed by atoms with Crippen LogP contribution in [0, 0.1) is 0 Å². The quantitative estimate of drug-likeness (QED) is 0.529. The van der Waals surface area contributed by atoms with Crippen molar-refractivity contribution in [3.8, 4) is 0 Å². The van der Waals surface area contributed by atoms with Crippen LogP contribution in [-0.4, -0.2) is 47.2 Å². The van der Waals surface area contributed by atoms with E-state index in [-0.39, 0.29) is 12.2 Å². The molecule has 1 amide bonds. The van der Waals surface area contributed by atoms with Crippen molar-refractivity contribution < 1.29 is 19.4 Å². The number of carboxylic acid groups (broad SMARTS) is 1. The second-order valence-electron chi connectivity index (χ2n) is 3.27. The van der Waals surface area contributed by atoms with Crippen molar-refractivity contribution in [3.63, 3.8) is 0 Å². The minimum Gasteiger partial charge on any atom is -0.474 e. The van der Waals surface area contributed by atoms with Crippen molar-refractivity contribution in [2.75, 3.05) is 13.1 Å². The Labute approximate surface area is 76.3 Å². The predicted octanol–water partition coefficient (Wildman–Crippen LogP) is -0.293. The van der Waals surface area contributed by atoms with Crippen molar-refractivity contribution in [2.24, 2.45) is 0 Å². The lowest BCUT2D eigenvalue weighted by Crippen LogP contribution is -2.50. The van der Waals surface area contributed by atoms with E-state index in [1.54, 1.807) is 0 Å². The molecule has 0 aromatic rings. The van der Waals surface area contributed by atoms with Gasteiger partial charge in [-0.05, 0) is 13.8 Å². The van der Waals surface area contributed by atoms with Gasteiger partial charge in [-0.15, -0.1) is 0 Å². The van der Waals surface area contributed by atoms with Crippen molar-refractivity contribution in [2.45, 2.75) is 26.1 Å². The van der Waals surface area contributed by atoms with Crippen molar-refractivity contribution >= 4 is 11.9 Å². The Hall–Kier alpha value is -1.10. The Morgan fingerprint density at radius 3 is 2.15 bits per heavy atom. The van der Waals surface area contributed by atoms with E-state index < -0.39 is 11.9 Å². The maximum absolute atomic E-state index is 11.1. The third kappa shape index (κ3) is 2.42. The summed E-state index contributed by atoms with van der Waals surface area (Å²) in [5, 5.41) is 8.47. The fourth-order valence-electron chi connectivity index (χ4n) is 1.48. The summed E-state index contributed by atoms with van der Waals surface area (Å²) in [6.45, 7) is 4.35. The monoisotopic (exact) mass is 187 g/mol. The van der Waals surface area contributed by atoms with Crippen LogP contribution in [0.25, 0.3) is 0 Å². The number of aliphatic carboxylic acids is 1. The molecule has 2 atom stereocenters. The van der Waals surface area contributed by atoms with E-state index in [4.69, 9.17) is 9.84 Å². The van der Waals surface area contributed by atoms with Gasteiger partial charge in [0.25, 0.3) is 0 Å². The molecule has 0 aliphatic carbocycles. The molecule has 0 radical (unpaired) electrons. The largest absolute Gasteiger partial charge is 0.474 e. The number of amides is 1. The molecular formula is C8H13NO4. The highest BCUT2D eigenvalue weighted by atomic mass is 16.5. The lowest BCUT2D eigenvalue weighted by Gasteiger charge is -2.34. The first-order valence-electron chi connectivity index (χ1n) is 4.18. The van der Waals surface area contributed by atoms with E-state index in [9.17, 15) is 9.59 Å². The maximum Gasteiger partial charge on any atom is 0.394 e. The summed E-state index contributed by atoms with van der Waals surface area (Å²) in [7, 11) is 0. The molecule has 5 heteroatoms. The summed E-state index contributed by atoms with van der Waals surface area (Å²) in [6.07, 6.45) is -0.181. The van der Waals surface area contributed by atoms with Gasteiger partial charge in [-0.3, -0.25) is 4.79 Å². The molecule has 1 N–H and O–H groups in total. The fraction of sp³-hybridized carbons (Fsp3) is 0.750. The molecule has 0 aromatic heterocycles. The molecule has 1 heterocycles. The van der Waals surface area contributed by atoms with E-state index in [1.807, 2.05) is 13.8 Å². The van der Waals surface area contributed by atoms with Crippen LogP contribution < -0.4 is 0 Å². The molecule has 1 rings (SSSR count). The molecule has 74 valence electrons. The van der Waals surface area contributed by atoms with Crippen molar-refractivity contribution in [1.82, 2.24) is 4.90 Å².